The SMILES string of the molecule is CCOC(=O)CNC1(Cc2ccc(F)cc2)CCN(C(=O)OC(C)(C)C)CC1. The maximum absolute atomic E-state index is 13.2. The molecule has 6 nitrogen and oxygen atoms in total. The molecule has 1 aliphatic heterocycles. The van der Waals surface area contributed by atoms with E-state index in [0.29, 0.717) is 39.0 Å². The van der Waals surface area contributed by atoms with Gasteiger partial charge in [0.1, 0.15) is 11.4 Å². The van der Waals surface area contributed by atoms with Gasteiger partial charge in [-0.2, -0.15) is 0 Å². The molecule has 0 aliphatic carbocycles. The standard InChI is InChI=1S/C21H31FN2O4/c1-5-27-18(25)15-23-21(14-16-6-8-17(22)9-7-16)10-12-24(13-11-21)19(26)28-20(2,3)4/h6-9,23H,5,10-15H2,1-4H3. The molecular weight excluding hydrogens is 363 g/mol. The van der Waals surface area contributed by atoms with Crippen LogP contribution in [0.2, 0.25) is 0 Å². The second-order valence-corrected chi connectivity index (χ2v) is 8.21. The summed E-state index contributed by atoms with van der Waals surface area (Å²) in [5.41, 5.74) is 0.0637. The number of hydrogen-bond acceptors (Lipinski definition) is 5. The quantitative estimate of drug-likeness (QED) is 0.750. The van der Waals surface area contributed by atoms with E-state index in [1.54, 1.807) is 24.0 Å². The van der Waals surface area contributed by atoms with Crippen molar-refractivity contribution in [2.24, 2.45) is 0 Å². The third-order valence-electron chi connectivity index (χ3n) is 4.74. The van der Waals surface area contributed by atoms with Crippen LogP contribution >= 0.6 is 0 Å². The molecule has 0 saturated carbocycles. The highest BCUT2D eigenvalue weighted by molar-refractivity contribution is 5.71. The molecule has 0 atom stereocenters. The highest BCUT2D eigenvalue weighted by Gasteiger charge is 2.37. The molecule has 0 spiro atoms. The van der Waals surface area contributed by atoms with Crippen LogP contribution in [0.4, 0.5) is 9.18 Å². The number of carbonyl (C=O) groups excluding carboxylic acids is 2. The number of benzene rings is 1. The number of nitrogens with one attached hydrogen (secondary N) is 1. The molecule has 1 fully saturated rings. The Labute approximate surface area is 166 Å². The summed E-state index contributed by atoms with van der Waals surface area (Å²) in [6.45, 7) is 8.76. The van der Waals surface area contributed by atoms with Crippen LogP contribution in [-0.4, -0.2) is 54.3 Å². The number of nitrogens with zero attached hydrogens (tertiary/aromatic N) is 1. The van der Waals surface area contributed by atoms with Crippen molar-refractivity contribution in [2.45, 2.75) is 58.1 Å². The van der Waals surface area contributed by atoms with Gasteiger partial charge in [0.25, 0.3) is 0 Å². The summed E-state index contributed by atoms with van der Waals surface area (Å²) in [4.78, 5) is 25.9. The molecule has 1 heterocycles. The van der Waals surface area contributed by atoms with Gasteiger partial charge in [-0.1, -0.05) is 12.1 Å². The molecule has 1 aromatic rings. The van der Waals surface area contributed by atoms with Gasteiger partial charge < -0.3 is 19.7 Å². The summed E-state index contributed by atoms with van der Waals surface area (Å²) in [7, 11) is 0. The van der Waals surface area contributed by atoms with E-state index < -0.39 is 5.60 Å². The number of piperidine rings is 1. The van der Waals surface area contributed by atoms with Gasteiger partial charge in [-0.05, 0) is 64.7 Å². The largest absolute Gasteiger partial charge is 0.465 e. The number of amides is 1. The van der Waals surface area contributed by atoms with Crippen molar-refractivity contribution in [3.05, 3.63) is 35.6 Å². The average Bonchev–Trinajstić information content (AvgIpc) is 2.62. The summed E-state index contributed by atoms with van der Waals surface area (Å²) >= 11 is 0. The Bertz CT molecular complexity index is 662. The molecule has 1 aromatic carbocycles. The van der Waals surface area contributed by atoms with E-state index in [4.69, 9.17) is 9.47 Å². The third kappa shape index (κ3) is 6.78. The van der Waals surface area contributed by atoms with Crippen molar-refractivity contribution in [1.82, 2.24) is 10.2 Å². The van der Waals surface area contributed by atoms with Gasteiger partial charge in [-0.15, -0.1) is 0 Å². The zero-order valence-electron chi connectivity index (χ0n) is 17.2. The van der Waals surface area contributed by atoms with Crippen LogP contribution in [0.15, 0.2) is 24.3 Å². The topological polar surface area (TPSA) is 67.9 Å². The predicted molar refractivity (Wildman–Crippen MR) is 105 cm³/mol. The number of halogens is 1. The van der Waals surface area contributed by atoms with Gasteiger partial charge >= 0.3 is 12.1 Å². The van der Waals surface area contributed by atoms with Gasteiger partial charge in [-0.3, -0.25) is 4.79 Å². The van der Waals surface area contributed by atoms with Gasteiger partial charge in [0, 0.05) is 18.6 Å². The van der Waals surface area contributed by atoms with Crippen molar-refractivity contribution in [3.8, 4) is 0 Å². The fraction of sp³-hybridized carbons (Fsp3) is 0.619. The second kappa shape index (κ2) is 9.37. The zero-order valence-corrected chi connectivity index (χ0v) is 17.2. The van der Waals surface area contributed by atoms with E-state index in [0.717, 1.165) is 5.56 Å². The number of likely N-dealkylation sites (tertiary alicyclic amines) is 1. The van der Waals surface area contributed by atoms with Crippen molar-refractivity contribution in [2.75, 3.05) is 26.2 Å². The molecule has 0 bridgehead atoms. The van der Waals surface area contributed by atoms with E-state index in [1.807, 2.05) is 20.8 Å². The lowest BCUT2D eigenvalue weighted by molar-refractivity contribution is -0.142. The Morgan fingerprint density at radius 1 is 1.18 bits per heavy atom. The number of hydrogen-bond donors (Lipinski definition) is 1. The molecule has 1 amide bonds. The number of rotatable bonds is 6. The van der Waals surface area contributed by atoms with Crippen LogP contribution in [0.3, 0.4) is 0 Å². The molecule has 0 aromatic heterocycles. The van der Waals surface area contributed by atoms with Crippen molar-refractivity contribution >= 4 is 12.1 Å². The summed E-state index contributed by atoms with van der Waals surface area (Å²) in [5.74, 6) is -0.590. The minimum absolute atomic E-state index is 0.0987. The van der Waals surface area contributed by atoms with E-state index in [2.05, 4.69) is 5.32 Å². The van der Waals surface area contributed by atoms with E-state index >= 15 is 0 Å². The van der Waals surface area contributed by atoms with Crippen molar-refractivity contribution in [3.63, 3.8) is 0 Å². The maximum Gasteiger partial charge on any atom is 0.410 e. The molecule has 2 rings (SSSR count). The summed E-state index contributed by atoms with van der Waals surface area (Å²) in [6.07, 6.45) is 1.62. The fourth-order valence-corrected chi connectivity index (χ4v) is 3.32. The Balaban J connectivity index is 2.06. The fourth-order valence-electron chi connectivity index (χ4n) is 3.32. The lowest BCUT2D eigenvalue weighted by Crippen LogP contribution is -2.57. The first-order valence-corrected chi connectivity index (χ1v) is 9.75. The Hall–Kier alpha value is -2.15. The zero-order chi connectivity index (χ0) is 20.8. The average molecular weight is 394 g/mol. The first-order chi connectivity index (χ1) is 13.1. The highest BCUT2D eigenvalue weighted by Crippen LogP contribution is 2.28. The normalized spacial score (nSPS) is 16.5. The number of esters is 1. The first kappa shape index (κ1) is 22.1. The highest BCUT2D eigenvalue weighted by atomic mass is 19.1. The second-order valence-electron chi connectivity index (χ2n) is 8.21. The van der Waals surface area contributed by atoms with Crippen LogP contribution < -0.4 is 5.32 Å². The van der Waals surface area contributed by atoms with Crippen LogP contribution in [-0.2, 0) is 20.7 Å². The minimum Gasteiger partial charge on any atom is -0.465 e. The molecule has 7 heteroatoms. The monoisotopic (exact) mass is 394 g/mol. The summed E-state index contributed by atoms with van der Waals surface area (Å²) < 4.78 is 23.7. The maximum atomic E-state index is 13.2. The van der Waals surface area contributed by atoms with Crippen LogP contribution in [0, 0.1) is 5.82 Å². The van der Waals surface area contributed by atoms with Gasteiger partial charge in [-0.25, -0.2) is 9.18 Å². The van der Waals surface area contributed by atoms with Gasteiger partial charge in [0.2, 0.25) is 0 Å². The molecule has 28 heavy (non-hydrogen) atoms. The molecule has 1 saturated heterocycles. The molecule has 1 aliphatic rings. The van der Waals surface area contributed by atoms with E-state index in [9.17, 15) is 14.0 Å². The Morgan fingerprint density at radius 3 is 2.32 bits per heavy atom. The predicted octanol–water partition coefficient (Wildman–Crippen LogP) is 3.29. The van der Waals surface area contributed by atoms with Crippen molar-refractivity contribution < 1.29 is 23.5 Å². The van der Waals surface area contributed by atoms with Gasteiger partial charge in [0.05, 0.1) is 13.2 Å². The van der Waals surface area contributed by atoms with Crippen LogP contribution in [0.1, 0.15) is 46.1 Å². The molecule has 1 N–H and O–H groups in total. The molecular formula is C21H31FN2O4. The lowest BCUT2D eigenvalue weighted by Gasteiger charge is -2.42. The smallest absolute Gasteiger partial charge is 0.410 e. The Kier molecular flexibility index (Phi) is 7.41. The van der Waals surface area contributed by atoms with Crippen LogP contribution in [0.25, 0.3) is 0 Å². The third-order valence-corrected chi connectivity index (χ3v) is 4.74. The summed E-state index contributed by atoms with van der Waals surface area (Å²) in [5, 5.41) is 3.34. The lowest BCUT2D eigenvalue weighted by atomic mass is 9.81. The first-order valence-electron chi connectivity index (χ1n) is 9.75. The number of carbonyl (C=O) groups is 2. The summed E-state index contributed by atoms with van der Waals surface area (Å²) in [6, 6.07) is 6.38. The van der Waals surface area contributed by atoms with Crippen molar-refractivity contribution in [1.29, 1.82) is 0 Å². The minimum atomic E-state index is -0.540. The molecule has 156 valence electrons. The number of ether oxygens (including phenoxy) is 2. The molecule has 0 radical (unpaired) electrons. The Morgan fingerprint density at radius 2 is 1.79 bits per heavy atom. The van der Waals surface area contributed by atoms with E-state index in [-0.39, 0.29) is 30.0 Å². The van der Waals surface area contributed by atoms with E-state index in [1.165, 1.54) is 12.1 Å². The van der Waals surface area contributed by atoms with Crippen LogP contribution in [0.5, 0.6) is 0 Å². The molecule has 0 unspecified atom stereocenters. The van der Waals surface area contributed by atoms with Gasteiger partial charge in [0.15, 0.2) is 0 Å².